The van der Waals surface area contributed by atoms with E-state index in [4.69, 9.17) is 0 Å². The van der Waals surface area contributed by atoms with Gasteiger partial charge in [0.05, 0.1) is 11.9 Å². The average molecular weight is 275 g/mol. The van der Waals surface area contributed by atoms with Gasteiger partial charge in [0.1, 0.15) is 17.0 Å². The summed E-state index contributed by atoms with van der Waals surface area (Å²) in [6.45, 7) is 3.02. The van der Waals surface area contributed by atoms with Gasteiger partial charge in [-0.25, -0.2) is 9.97 Å². The number of nitrogens with one attached hydrogen (secondary N) is 1. The highest BCUT2D eigenvalue weighted by Gasteiger charge is 2.06. The number of nitrogens with zero attached hydrogens (tertiary/aromatic N) is 2. The van der Waals surface area contributed by atoms with Gasteiger partial charge in [0.15, 0.2) is 0 Å². The molecule has 0 aromatic carbocycles. The molecule has 3 aromatic rings. The first-order chi connectivity index (χ1) is 8.88. The highest BCUT2D eigenvalue weighted by atomic mass is 32.1. The summed E-state index contributed by atoms with van der Waals surface area (Å²) >= 11 is 3.44. The molecule has 0 radical (unpaired) electrons. The second-order valence-electron chi connectivity index (χ2n) is 3.94. The molecule has 3 nitrogen and oxygen atoms in total. The first-order valence-corrected chi connectivity index (χ1v) is 7.61. The lowest BCUT2D eigenvalue weighted by Crippen LogP contribution is -2.02. The van der Waals surface area contributed by atoms with E-state index in [0.29, 0.717) is 0 Å². The number of hydrogen-bond donors (Lipinski definition) is 1. The lowest BCUT2D eigenvalue weighted by Gasteiger charge is -2.06. The van der Waals surface area contributed by atoms with Crippen LogP contribution in [0.2, 0.25) is 0 Å². The molecule has 0 fully saturated rings. The first-order valence-electron chi connectivity index (χ1n) is 5.86. The van der Waals surface area contributed by atoms with Gasteiger partial charge in [-0.05, 0) is 34.9 Å². The van der Waals surface area contributed by atoms with E-state index >= 15 is 0 Å². The van der Waals surface area contributed by atoms with Crippen molar-refractivity contribution in [3.05, 3.63) is 39.7 Å². The maximum atomic E-state index is 4.32. The highest BCUT2D eigenvalue weighted by molar-refractivity contribution is 7.16. The number of fused-ring (bicyclic) bond motifs is 1. The monoisotopic (exact) mass is 275 g/mol. The Labute approximate surface area is 114 Å². The van der Waals surface area contributed by atoms with Crippen LogP contribution in [0.1, 0.15) is 17.4 Å². The van der Waals surface area contributed by atoms with Gasteiger partial charge in [-0.2, -0.15) is 0 Å². The van der Waals surface area contributed by atoms with Crippen molar-refractivity contribution >= 4 is 38.7 Å². The van der Waals surface area contributed by atoms with Crippen LogP contribution in [0.15, 0.2) is 29.2 Å². The average Bonchev–Trinajstić information content (AvgIpc) is 3.04. The molecule has 18 heavy (non-hydrogen) atoms. The molecule has 0 bridgehead atoms. The van der Waals surface area contributed by atoms with Gasteiger partial charge >= 0.3 is 0 Å². The molecule has 0 aliphatic carbocycles. The van der Waals surface area contributed by atoms with Crippen LogP contribution in [0, 0.1) is 0 Å². The van der Waals surface area contributed by atoms with Crippen molar-refractivity contribution in [3.8, 4) is 0 Å². The zero-order chi connectivity index (χ0) is 12.4. The predicted molar refractivity (Wildman–Crippen MR) is 78.4 cm³/mol. The normalized spacial score (nSPS) is 10.9. The summed E-state index contributed by atoms with van der Waals surface area (Å²) in [5.74, 6) is 0.928. The van der Waals surface area contributed by atoms with Crippen molar-refractivity contribution in [2.24, 2.45) is 0 Å². The molecule has 3 heterocycles. The van der Waals surface area contributed by atoms with E-state index in [1.165, 1.54) is 10.4 Å². The van der Waals surface area contributed by atoms with E-state index in [1.807, 2.05) is 5.38 Å². The smallest absolute Gasteiger partial charge is 0.138 e. The molecule has 0 spiro atoms. The van der Waals surface area contributed by atoms with Crippen molar-refractivity contribution in [1.82, 2.24) is 9.97 Å². The molecule has 0 aliphatic rings. The number of anilines is 1. The van der Waals surface area contributed by atoms with Gasteiger partial charge in [0, 0.05) is 4.88 Å². The fraction of sp³-hybridized carbons (Fsp3) is 0.231. The predicted octanol–water partition coefficient (Wildman–Crippen LogP) is 3.93. The van der Waals surface area contributed by atoms with E-state index in [0.717, 1.165) is 29.0 Å². The van der Waals surface area contributed by atoms with Crippen LogP contribution in [-0.4, -0.2) is 9.97 Å². The van der Waals surface area contributed by atoms with E-state index < -0.39 is 0 Å². The number of aromatic nitrogens is 2. The van der Waals surface area contributed by atoms with E-state index in [-0.39, 0.29) is 0 Å². The Morgan fingerprint density at radius 2 is 2.06 bits per heavy atom. The maximum Gasteiger partial charge on any atom is 0.138 e. The van der Waals surface area contributed by atoms with E-state index in [1.54, 1.807) is 29.0 Å². The van der Waals surface area contributed by atoms with Crippen LogP contribution in [0.4, 0.5) is 5.82 Å². The number of hydrogen-bond acceptors (Lipinski definition) is 5. The molecule has 3 aromatic heterocycles. The summed E-state index contributed by atoms with van der Waals surface area (Å²) in [7, 11) is 0. The molecule has 0 amide bonds. The van der Waals surface area contributed by atoms with Crippen molar-refractivity contribution in [1.29, 1.82) is 0 Å². The minimum atomic E-state index is 0.836. The fourth-order valence-corrected chi connectivity index (χ4v) is 3.58. The Hall–Kier alpha value is -1.46. The molecule has 0 saturated heterocycles. The van der Waals surface area contributed by atoms with Crippen LogP contribution in [-0.2, 0) is 13.0 Å². The molecule has 1 N–H and O–H groups in total. The molecular formula is C13H13N3S2. The standard InChI is InChI=1S/C13H13N3S2/c1-2-9-3-5-17-11(9)7-14-12-10-4-6-18-13(10)16-8-15-12/h3-6,8H,2,7H2,1H3,(H,14,15,16). The minimum Gasteiger partial charge on any atom is -0.365 e. The Morgan fingerprint density at radius 1 is 1.17 bits per heavy atom. The lowest BCUT2D eigenvalue weighted by molar-refractivity contribution is 1.07. The Bertz CT molecular complexity index is 657. The Kier molecular flexibility index (Phi) is 3.25. The molecule has 3 rings (SSSR count). The third-order valence-corrected chi connectivity index (χ3v) is 4.68. The molecule has 5 heteroatoms. The number of rotatable bonds is 4. The molecule has 0 saturated carbocycles. The summed E-state index contributed by atoms with van der Waals surface area (Å²) < 4.78 is 0. The molecule has 92 valence electrons. The fourth-order valence-electron chi connectivity index (χ4n) is 1.93. The Balaban J connectivity index is 1.83. The summed E-state index contributed by atoms with van der Waals surface area (Å²) in [5, 5.41) is 8.72. The molecular weight excluding hydrogens is 262 g/mol. The summed E-state index contributed by atoms with van der Waals surface area (Å²) in [5.41, 5.74) is 1.42. The van der Waals surface area contributed by atoms with Crippen LogP contribution in [0.5, 0.6) is 0 Å². The zero-order valence-electron chi connectivity index (χ0n) is 10.0. The SMILES string of the molecule is CCc1ccsc1CNc1ncnc2sccc12. The first kappa shape index (κ1) is 11.6. The van der Waals surface area contributed by atoms with Gasteiger partial charge in [-0.15, -0.1) is 22.7 Å². The van der Waals surface area contributed by atoms with Crippen LogP contribution < -0.4 is 5.32 Å². The molecule has 0 atom stereocenters. The molecule has 0 aliphatic heterocycles. The van der Waals surface area contributed by atoms with Crippen molar-refractivity contribution in [2.45, 2.75) is 19.9 Å². The quantitative estimate of drug-likeness (QED) is 0.784. The van der Waals surface area contributed by atoms with Gasteiger partial charge in [-0.1, -0.05) is 6.92 Å². The minimum absolute atomic E-state index is 0.836. The van der Waals surface area contributed by atoms with Gasteiger partial charge in [0.2, 0.25) is 0 Å². The van der Waals surface area contributed by atoms with E-state index in [2.05, 4.69) is 39.7 Å². The third-order valence-electron chi connectivity index (χ3n) is 2.90. The van der Waals surface area contributed by atoms with Crippen LogP contribution in [0.25, 0.3) is 10.2 Å². The van der Waals surface area contributed by atoms with Gasteiger partial charge in [0.25, 0.3) is 0 Å². The van der Waals surface area contributed by atoms with Crippen molar-refractivity contribution < 1.29 is 0 Å². The Morgan fingerprint density at radius 3 is 2.94 bits per heavy atom. The van der Waals surface area contributed by atoms with E-state index in [9.17, 15) is 0 Å². The topological polar surface area (TPSA) is 37.8 Å². The molecule has 0 unspecified atom stereocenters. The summed E-state index contributed by atoms with van der Waals surface area (Å²) in [6.07, 6.45) is 2.70. The summed E-state index contributed by atoms with van der Waals surface area (Å²) in [6, 6.07) is 4.26. The second kappa shape index (κ2) is 5.04. The number of thiophene rings is 2. The summed E-state index contributed by atoms with van der Waals surface area (Å²) in [4.78, 5) is 11.0. The van der Waals surface area contributed by atoms with Crippen molar-refractivity contribution in [3.63, 3.8) is 0 Å². The van der Waals surface area contributed by atoms with Gasteiger partial charge in [-0.3, -0.25) is 0 Å². The van der Waals surface area contributed by atoms with Crippen molar-refractivity contribution in [2.75, 3.05) is 5.32 Å². The van der Waals surface area contributed by atoms with Crippen LogP contribution in [0.3, 0.4) is 0 Å². The second-order valence-corrected chi connectivity index (χ2v) is 5.83. The maximum absolute atomic E-state index is 4.32. The number of aryl methyl sites for hydroxylation is 1. The zero-order valence-corrected chi connectivity index (χ0v) is 11.6. The highest BCUT2D eigenvalue weighted by Crippen LogP contribution is 2.25. The van der Waals surface area contributed by atoms with Crippen LogP contribution >= 0.6 is 22.7 Å². The largest absolute Gasteiger partial charge is 0.365 e. The third kappa shape index (κ3) is 2.11. The van der Waals surface area contributed by atoms with Gasteiger partial charge < -0.3 is 5.32 Å². The lowest BCUT2D eigenvalue weighted by atomic mass is 10.2.